The minimum Gasteiger partial charge on any atom is -0.410 e. The van der Waals surface area contributed by atoms with Gasteiger partial charge in [0.05, 0.1) is 0 Å². The third kappa shape index (κ3) is 1.68. The maximum absolute atomic E-state index is 5.25. The molecule has 6 heteroatoms. The smallest absolute Gasteiger partial charge is 0.291 e. The summed E-state index contributed by atoms with van der Waals surface area (Å²) in [4.78, 5) is 3.88. The van der Waals surface area contributed by atoms with Crippen LogP contribution in [0.3, 0.4) is 0 Å². The number of rotatable bonds is 2. The van der Waals surface area contributed by atoms with Crippen molar-refractivity contribution in [3.05, 3.63) is 24.5 Å². The predicted molar refractivity (Wildman–Crippen MR) is 47.6 cm³/mol. The van der Waals surface area contributed by atoms with Crippen molar-refractivity contribution >= 4 is 11.9 Å². The fourth-order valence-corrected chi connectivity index (χ4v) is 1.08. The zero-order chi connectivity index (χ0) is 9.10. The molecule has 2 rings (SSSR count). The molecule has 66 valence electrons. The van der Waals surface area contributed by atoms with E-state index >= 15 is 0 Å². The summed E-state index contributed by atoms with van der Waals surface area (Å²) in [6.07, 6.45) is 3.32. The largest absolute Gasteiger partial charge is 0.410 e. The summed E-state index contributed by atoms with van der Waals surface area (Å²) in [5, 5.41) is 13.1. The van der Waals surface area contributed by atoms with Crippen molar-refractivity contribution in [1.29, 1.82) is 0 Å². The topological polar surface area (TPSA) is 77.8 Å². The van der Waals surface area contributed by atoms with Crippen LogP contribution in [0.25, 0.3) is 11.5 Å². The zero-order valence-corrected chi connectivity index (χ0v) is 7.36. The number of hydrogen-bond acceptors (Lipinski definition) is 6. The van der Waals surface area contributed by atoms with Gasteiger partial charge in [0.1, 0.15) is 0 Å². The number of nitrogens with zero attached hydrogens (tertiary/aromatic N) is 3. The van der Waals surface area contributed by atoms with Gasteiger partial charge >= 0.3 is 0 Å². The third-order valence-corrected chi connectivity index (χ3v) is 1.80. The lowest BCUT2D eigenvalue weighted by Gasteiger charge is -1.90. The molecule has 2 heterocycles. The molecule has 0 bridgehead atoms. The van der Waals surface area contributed by atoms with E-state index in [1.807, 2.05) is 0 Å². The van der Waals surface area contributed by atoms with Gasteiger partial charge in [-0.2, -0.15) is 0 Å². The molecule has 2 N–H and O–H groups in total. The first kappa shape index (κ1) is 8.21. The highest BCUT2D eigenvalue weighted by Gasteiger charge is 2.06. The SMILES string of the molecule is NSc1nnc(-c2ccncc2)o1. The van der Waals surface area contributed by atoms with Crippen LogP contribution in [0.5, 0.6) is 0 Å². The van der Waals surface area contributed by atoms with Crippen LogP contribution in [0.15, 0.2) is 34.2 Å². The molecule has 0 saturated carbocycles. The minimum absolute atomic E-state index is 0.354. The second-order valence-corrected chi connectivity index (χ2v) is 2.81. The molecule has 0 aliphatic heterocycles. The Bertz CT molecular complexity index is 388. The van der Waals surface area contributed by atoms with Crippen molar-refractivity contribution < 1.29 is 4.42 Å². The zero-order valence-electron chi connectivity index (χ0n) is 6.54. The Morgan fingerprint density at radius 2 is 2.00 bits per heavy atom. The highest BCUT2D eigenvalue weighted by atomic mass is 32.2. The highest BCUT2D eigenvalue weighted by molar-refractivity contribution is 7.96. The summed E-state index contributed by atoms with van der Waals surface area (Å²) >= 11 is 0.928. The normalized spacial score (nSPS) is 10.2. The van der Waals surface area contributed by atoms with Crippen molar-refractivity contribution in [1.82, 2.24) is 15.2 Å². The van der Waals surface area contributed by atoms with Crippen LogP contribution >= 0.6 is 11.9 Å². The Kier molecular flexibility index (Phi) is 2.24. The number of aromatic nitrogens is 3. The number of pyridine rings is 1. The summed E-state index contributed by atoms with van der Waals surface area (Å²) < 4.78 is 5.21. The lowest BCUT2D eigenvalue weighted by Crippen LogP contribution is -1.77. The van der Waals surface area contributed by atoms with E-state index in [1.165, 1.54) is 0 Å². The van der Waals surface area contributed by atoms with Gasteiger partial charge in [0.25, 0.3) is 5.22 Å². The van der Waals surface area contributed by atoms with E-state index < -0.39 is 0 Å². The maximum atomic E-state index is 5.25. The standard InChI is InChI=1S/C7H6N4OS/c8-13-7-11-10-6(12-7)5-1-3-9-4-2-5/h1-4H,8H2. The lowest BCUT2D eigenvalue weighted by molar-refractivity contribution is 0.466. The van der Waals surface area contributed by atoms with E-state index in [2.05, 4.69) is 15.2 Å². The van der Waals surface area contributed by atoms with Gasteiger partial charge in [0.2, 0.25) is 5.89 Å². The van der Waals surface area contributed by atoms with E-state index in [4.69, 9.17) is 9.56 Å². The molecule has 5 nitrogen and oxygen atoms in total. The van der Waals surface area contributed by atoms with Gasteiger partial charge in [-0.3, -0.25) is 10.1 Å². The van der Waals surface area contributed by atoms with Crippen molar-refractivity contribution in [2.75, 3.05) is 0 Å². The first-order chi connectivity index (χ1) is 6.40. The van der Waals surface area contributed by atoms with Gasteiger partial charge in [-0.15, -0.1) is 5.10 Å². The van der Waals surface area contributed by atoms with Crippen molar-refractivity contribution in [2.24, 2.45) is 5.14 Å². The second-order valence-electron chi connectivity index (χ2n) is 2.23. The summed E-state index contributed by atoms with van der Waals surface area (Å²) in [6.45, 7) is 0. The molecule has 2 aromatic heterocycles. The highest BCUT2D eigenvalue weighted by Crippen LogP contribution is 2.19. The van der Waals surface area contributed by atoms with Crippen LogP contribution in [-0.2, 0) is 0 Å². The Hall–Kier alpha value is -1.40. The van der Waals surface area contributed by atoms with Gasteiger partial charge in [0.15, 0.2) is 0 Å². The molecule has 13 heavy (non-hydrogen) atoms. The van der Waals surface area contributed by atoms with Gasteiger partial charge in [-0.1, -0.05) is 5.10 Å². The van der Waals surface area contributed by atoms with Crippen LogP contribution in [0.2, 0.25) is 0 Å². The van der Waals surface area contributed by atoms with Gasteiger partial charge in [-0.25, -0.2) is 0 Å². The van der Waals surface area contributed by atoms with Gasteiger partial charge in [0, 0.05) is 29.9 Å². The summed E-state index contributed by atoms with van der Waals surface area (Å²) in [5.74, 6) is 0.454. The summed E-state index contributed by atoms with van der Waals surface area (Å²) in [7, 11) is 0. The fraction of sp³-hybridized carbons (Fsp3) is 0. The molecule has 0 spiro atoms. The average Bonchev–Trinajstić information content (AvgIpc) is 2.67. The van der Waals surface area contributed by atoms with Crippen molar-refractivity contribution in [3.63, 3.8) is 0 Å². The first-order valence-corrected chi connectivity index (χ1v) is 4.39. The second kappa shape index (κ2) is 3.55. The van der Waals surface area contributed by atoms with Crippen LogP contribution in [-0.4, -0.2) is 15.2 Å². The molecule has 0 fully saturated rings. The van der Waals surface area contributed by atoms with E-state index in [9.17, 15) is 0 Å². The maximum Gasteiger partial charge on any atom is 0.291 e. The fourth-order valence-electron chi connectivity index (χ4n) is 0.869. The predicted octanol–water partition coefficient (Wildman–Crippen LogP) is 1.10. The van der Waals surface area contributed by atoms with Gasteiger partial charge in [-0.05, 0) is 12.1 Å². The molecule has 0 radical (unpaired) electrons. The summed E-state index contributed by atoms with van der Waals surface area (Å²) in [5.41, 5.74) is 0.836. The molecule has 0 atom stereocenters. The molecule has 0 aliphatic rings. The minimum atomic E-state index is 0.354. The molecule has 0 amide bonds. The average molecular weight is 194 g/mol. The third-order valence-electron chi connectivity index (χ3n) is 1.43. The molecule has 0 unspecified atom stereocenters. The van der Waals surface area contributed by atoms with E-state index in [0.717, 1.165) is 17.5 Å². The molecule has 2 aromatic rings. The summed E-state index contributed by atoms with van der Waals surface area (Å²) in [6, 6.07) is 3.58. The quantitative estimate of drug-likeness (QED) is 0.721. The Morgan fingerprint density at radius 3 is 2.62 bits per heavy atom. The van der Waals surface area contributed by atoms with Gasteiger partial charge < -0.3 is 4.42 Å². The van der Waals surface area contributed by atoms with Crippen LogP contribution in [0.1, 0.15) is 0 Å². The van der Waals surface area contributed by atoms with E-state index in [1.54, 1.807) is 24.5 Å². The Labute approximate surface area is 78.5 Å². The van der Waals surface area contributed by atoms with Crippen molar-refractivity contribution in [2.45, 2.75) is 5.22 Å². The Balaban J connectivity index is 2.36. The van der Waals surface area contributed by atoms with Crippen LogP contribution in [0.4, 0.5) is 0 Å². The Morgan fingerprint density at radius 1 is 1.23 bits per heavy atom. The van der Waals surface area contributed by atoms with E-state index in [-0.39, 0.29) is 0 Å². The van der Waals surface area contributed by atoms with Crippen LogP contribution < -0.4 is 5.14 Å². The molecule has 0 saturated heterocycles. The van der Waals surface area contributed by atoms with Crippen molar-refractivity contribution in [3.8, 4) is 11.5 Å². The monoisotopic (exact) mass is 194 g/mol. The number of hydrogen-bond donors (Lipinski definition) is 1. The first-order valence-electron chi connectivity index (χ1n) is 3.51. The molecular weight excluding hydrogens is 188 g/mol. The lowest BCUT2D eigenvalue weighted by atomic mass is 10.3. The number of nitrogens with two attached hydrogens (primary N) is 1. The van der Waals surface area contributed by atoms with E-state index in [0.29, 0.717) is 11.1 Å². The molecule has 0 aliphatic carbocycles. The molecular formula is C7H6N4OS. The molecule has 0 aromatic carbocycles. The van der Waals surface area contributed by atoms with Crippen LogP contribution in [0, 0.1) is 0 Å².